The molecule has 0 bridgehead atoms. The Morgan fingerprint density at radius 3 is 2.20 bits per heavy atom. The number of carboxylic acid groups (broad SMARTS) is 1. The molecule has 41 heavy (non-hydrogen) atoms. The normalized spacial score (nSPS) is 16.4. The molecule has 0 amide bonds. The highest BCUT2D eigenvalue weighted by Gasteiger charge is 2.42. The summed E-state index contributed by atoms with van der Waals surface area (Å²) in [5, 5.41) is 13.5. The number of nitrogens with zero attached hydrogens (tertiary/aromatic N) is 3. The van der Waals surface area contributed by atoms with Gasteiger partial charge in [-0.2, -0.15) is 0 Å². The lowest BCUT2D eigenvalue weighted by Crippen LogP contribution is -2.29. The quantitative estimate of drug-likeness (QED) is 0.205. The van der Waals surface area contributed by atoms with Gasteiger partial charge < -0.3 is 24.6 Å². The minimum absolute atomic E-state index is 0.184. The third-order valence-electron chi connectivity index (χ3n) is 7.35. The molecule has 0 spiro atoms. The molecule has 5 aromatic rings. The molecule has 1 aliphatic rings. The number of aromatic nitrogens is 2. The Morgan fingerprint density at radius 2 is 1.54 bits per heavy atom. The number of nitrogens with one attached hydrogen (secondary N) is 1. The van der Waals surface area contributed by atoms with Crippen LogP contribution in [0.4, 0.5) is 5.69 Å². The number of carboxylic acids is 1. The average molecular weight is 561 g/mol. The Morgan fingerprint density at radius 1 is 0.878 bits per heavy atom. The van der Waals surface area contributed by atoms with Gasteiger partial charge in [0, 0.05) is 29.0 Å². The van der Waals surface area contributed by atoms with E-state index in [9.17, 15) is 9.90 Å². The van der Waals surface area contributed by atoms with Gasteiger partial charge in [-0.15, -0.1) is 0 Å². The summed E-state index contributed by atoms with van der Waals surface area (Å²) in [4.78, 5) is 18.2. The molecule has 1 aliphatic heterocycles. The number of benzene rings is 3. The van der Waals surface area contributed by atoms with Gasteiger partial charge in [0.25, 0.3) is 0 Å². The van der Waals surface area contributed by atoms with Crippen molar-refractivity contribution in [3.05, 3.63) is 138 Å². The predicted octanol–water partition coefficient (Wildman–Crippen LogP) is 7.16. The molecule has 0 aliphatic carbocycles. The summed E-state index contributed by atoms with van der Waals surface area (Å²) < 4.78 is 8.16. The second kappa shape index (κ2) is 10.9. The molecule has 1 fully saturated rings. The van der Waals surface area contributed by atoms with E-state index in [0.717, 1.165) is 45.5 Å². The van der Waals surface area contributed by atoms with Crippen LogP contribution in [0.25, 0.3) is 5.69 Å². The number of aryl methyl sites for hydroxylation is 1. The Kier molecular flexibility index (Phi) is 6.99. The minimum Gasteiger partial charge on any atom is -0.478 e. The molecule has 2 N–H and O–H groups in total. The summed E-state index contributed by atoms with van der Waals surface area (Å²) in [5.41, 5.74) is 6.14. The van der Waals surface area contributed by atoms with Crippen LogP contribution in [0.1, 0.15) is 45.1 Å². The first-order chi connectivity index (χ1) is 19.9. The topological polar surface area (TPSA) is 79.6 Å². The fourth-order valence-electron chi connectivity index (χ4n) is 5.49. The molecular formula is C33H28N4O3S. The SMILES string of the molecule is Cc1cc([C@@H]2[C@@H](c3ccccn3)NC(=S)N2c2ccc(Oc3ccccc3)cc2)c(C)n1-c1ccc(C(=O)O)cc1. The Labute approximate surface area is 243 Å². The van der Waals surface area contributed by atoms with Crippen molar-refractivity contribution in [2.75, 3.05) is 4.90 Å². The summed E-state index contributed by atoms with van der Waals surface area (Å²) in [6, 6.07) is 32.3. The molecule has 2 atom stereocenters. The number of para-hydroxylation sites is 1. The lowest BCUT2D eigenvalue weighted by Gasteiger charge is -2.28. The molecule has 1 saturated heterocycles. The third kappa shape index (κ3) is 5.05. The van der Waals surface area contributed by atoms with E-state index in [1.807, 2.05) is 84.9 Å². The minimum atomic E-state index is -0.947. The third-order valence-corrected chi connectivity index (χ3v) is 7.67. The summed E-state index contributed by atoms with van der Waals surface area (Å²) in [7, 11) is 0. The Bertz CT molecular complexity index is 1700. The number of rotatable bonds is 7. The highest BCUT2D eigenvalue weighted by molar-refractivity contribution is 7.80. The van der Waals surface area contributed by atoms with Crippen LogP contribution in [0.15, 0.2) is 109 Å². The first-order valence-corrected chi connectivity index (χ1v) is 13.7. The summed E-state index contributed by atoms with van der Waals surface area (Å²) in [6.45, 7) is 4.14. The summed E-state index contributed by atoms with van der Waals surface area (Å²) in [6.07, 6.45) is 1.79. The fraction of sp³-hybridized carbons (Fsp3) is 0.121. The van der Waals surface area contributed by atoms with E-state index >= 15 is 0 Å². The maximum Gasteiger partial charge on any atom is 0.335 e. The van der Waals surface area contributed by atoms with Crippen molar-refractivity contribution in [2.24, 2.45) is 0 Å². The van der Waals surface area contributed by atoms with Gasteiger partial charge in [-0.05, 0) is 110 Å². The number of anilines is 1. The van der Waals surface area contributed by atoms with E-state index in [0.29, 0.717) is 5.11 Å². The first kappa shape index (κ1) is 26.3. The predicted molar refractivity (Wildman–Crippen MR) is 163 cm³/mol. The molecular weight excluding hydrogens is 532 g/mol. The second-order valence-electron chi connectivity index (χ2n) is 9.92. The van der Waals surface area contributed by atoms with Crippen LogP contribution in [-0.4, -0.2) is 25.7 Å². The maximum absolute atomic E-state index is 11.4. The number of pyridine rings is 1. The average Bonchev–Trinajstić information content (AvgIpc) is 3.49. The largest absolute Gasteiger partial charge is 0.478 e. The van der Waals surface area contributed by atoms with Gasteiger partial charge in [0.2, 0.25) is 0 Å². The lowest BCUT2D eigenvalue weighted by atomic mass is 9.96. The summed E-state index contributed by atoms with van der Waals surface area (Å²) in [5.74, 6) is 0.562. The number of aromatic carboxylic acids is 1. The molecule has 3 heterocycles. The van der Waals surface area contributed by atoms with Crippen LogP contribution in [0.5, 0.6) is 11.5 Å². The van der Waals surface area contributed by atoms with E-state index < -0.39 is 5.97 Å². The van der Waals surface area contributed by atoms with Crippen LogP contribution >= 0.6 is 12.2 Å². The van der Waals surface area contributed by atoms with Crippen LogP contribution in [-0.2, 0) is 0 Å². The van der Waals surface area contributed by atoms with Gasteiger partial charge in [0.05, 0.1) is 23.3 Å². The molecule has 6 rings (SSSR count). The van der Waals surface area contributed by atoms with Gasteiger partial charge in [0.1, 0.15) is 11.5 Å². The highest BCUT2D eigenvalue weighted by atomic mass is 32.1. The molecule has 3 aromatic carbocycles. The molecule has 2 aromatic heterocycles. The highest BCUT2D eigenvalue weighted by Crippen LogP contribution is 2.44. The van der Waals surface area contributed by atoms with Gasteiger partial charge in [-0.3, -0.25) is 4.98 Å². The second-order valence-corrected chi connectivity index (χ2v) is 10.3. The van der Waals surface area contributed by atoms with E-state index in [-0.39, 0.29) is 17.6 Å². The molecule has 8 heteroatoms. The Hall–Kier alpha value is -4.95. The van der Waals surface area contributed by atoms with Crippen LogP contribution < -0.4 is 15.0 Å². The van der Waals surface area contributed by atoms with Gasteiger partial charge in [0.15, 0.2) is 5.11 Å². The van der Waals surface area contributed by atoms with Crippen molar-refractivity contribution >= 4 is 29.0 Å². The number of hydrogen-bond acceptors (Lipinski definition) is 4. The zero-order valence-corrected chi connectivity index (χ0v) is 23.4. The van der Waals surface area contributed by atoms with Gasteiger partial charge in [-0.1, -0.05) is 24.3 Å². The zero-order valence-electron chi connectivity index (χ0n) is 22.6. The maximum atomic E-state index is 11.4. The molecule has 0 radical (unpaired) electrons. The van der Waals surface area contributed by atoms with E-state index in [2.05, 4.69) is 39.7 Å². The first-order valence-electron chi connectivity index (χ1n) is 13.3. The number of carbonyl (C=O) groups is 1. The van der Waals surface area contributed by atoms with Crippen molar-refractivity contribution in [3.8, 4) is 17.2 Å². The fourth-order valence-corrected chi connectivity index (χ4v) is 5.83. The van der Waals surface area contributed by atoms with Crippen molar-refractivity contribution in [3.63, 3.8) is 0 Å². The standard InChI is InChI=1S/C33H28N4O3S/c1-21-20-28(22(2)36(21)24-13-11-23(12-14-24)32(38)39)31-30(29-10-6-7-19-34-29)35-33(41)37(31)25-15-17-27(18-16-25)40-26-8-4-3-5-9-26/h3-20,30-31H,1-2H3,(H,35,41)(H,38,39)/t30-,31-/m1/s1. The van der Waals surface area contributed by atoms with Gasteiger partial charge in [-0.25, -0.2) is 4.79 Å². The van der Waals surface area contributed by atoms with Crippen LogP contribution in [0.2, 0.25) is 0 Å². The van der Waals surface area contributed by atoms with Crippen molar-refractivity contribution in [1.29, 1.82) is 0 Å². The molecule has 0 unspecified atom stereocenters. The number of thiocarbonyl (C=S) groups is 1. The van der Waals surface area contributed by atoms with Crippen molar-refractivity contribution < 1.29 is 14.6 Å². The van der Waals surface area contributed by atoms with Crippen molar-refractivity contribution in [2.45, 2.75) is 25.9 Å². The molecule has 7 nitrogen and oxygen atoms in total. The Balaban J connectivity index is 1.41. The smallest absolute Gasteiger partial charge is 0.335 e. The van der Waals surface area contributed by atoms with Crippen molar-refractivity contribution in [1.82, 2.24) is 14.9 Å². The molecule has 204 valence electrons. The van der Waals surface area contributed by atoms with Crippen LogP contribution in [0, 0.1) is 13.8 Å². The number of hydrogen-bond donors (Lipinski definition) is 2. The van der Waals surface area contributed by atoms with Gasteiger partial charge >= 0.3 is 5.97 Å². The van der Waals surface area contributed by atoms with E-state index in [1.165, 1.54) is 0 Å². The molecule has 0 saturated carbocycles. The lowest BCUT2D eigenvalue weighted by molar-refractivity contribution is 0.0697. The number of ether oxygens (including phenoxy) is 1. The van der Waals surface area contributed by atoms with E-state index in [4.69, 9.17) is 17.0 Å². The summed E-state index contributed by atoms with van der Waals surface area (Å²) >= 11 is 5.92. The zero-order chi connectivity index (χ0) is 28.5. The van der Waals surface area contributed by atoms with Crippen LogP contribution in [0.3, 0.4) is 0 Å². The van der Waals surface area contributed by atoms with E-state index in [1.54, 1.807) is 18.3 Å². The monoisotopic (exact) mass is 560 g/mol.